The lowest BCUT2D eigenvalue weighted by molar-refractivity contribution is -0.127. The predicted octanol–water partition coefficient (Wildman–Crippen LogP) is 4.79. The van der Waals surface area contributed by atoms with E-state index in [2.05, 4.69) is 15.3 Å². The third-order valence-electron chi connectivity index (χ3n) is 5.83. The Kier molecular flexibility index (Phi) is 7.71. The maximum absolute atomic E-state index is 12.5. The van der Waals surface area contributed by atoms with Gasteiger partial charge < -0.3 is 20.7 Å². The fourth-order valence-electron chi connectivity index (χ4n) is 4.05. The van der Waals surface area contributed by atoms with Crippen LogP contribution in [0.25, 0.3) is 0 Å². The molecule has 0 aliphatic carbocycles. The molecule has 37 heavy (non-hydrogen) atoms. The smallest absolute Gasteiger partial charge is 0.409 e. The first-order valence-electron chi connectivity index (χ1n) is 11.5. The van der Waals surface area contributed by atoms with Crippen molar-refractivity contribution in [3.8, 4) is 11.5 Å². The molecule has 4 rings (SSSR count). The summed E-state index contributed by atoms with van der Waals surface area (Å²) in [4.78, 5) is 21.9. The van der Waals surface area contributed by atoms with Crippen molar-refractivity contribution in [3.63, 3.8) is 0 Å². The number of benzene rings is 2. The first kappa shape index (κ1) is 25.7. The summed E-state index contributed by atoms with van der Waals surface area (Å²) in [6, 6.07) is 15.9. The monoisotopic (exact) mass is 510 g/mol. The zero-order valence-corrected chi connectivity index (χ0v) is 19.7. The van der Waals surface area contributed by atoms with E-state index in [1.54, 1.807) is 24.3 Å². The molecule has 1 aromatic heterocycles. The topological polar surface area (TPSA) is 117 Å². The Bertz CT molecular complexity index is 1280. The highest BCUT2D eigenvalue weighted by molar-refractivity contribution is 6.16. The number of nitrogens with one attached hydrogen (secondary N) is 2. The summed E-state index contributed by atoms with van der Waals surface area (Å²) >= 11 is 0. The molecule has 0 spiro atoms. The van der Waals surface area contributed by atoms with Crippen LogP contribution < -0.4 is 15.8 Å². The van der Waals surface area contributed by atoms with Gasteiger partial charge in [0, 0.05) is 36.8 Å². The molecule has 4 N–H and O–H groups in total. The predicted molar refractivity (Wildman–Crippen MR) is 134 cm³/mol. The average molecular weight is 511 g/mol. The molecule has 2 aromatic carbocycles. The lowest BCUT2D eigenvalue weighted by atomic mass is 10.0. The molecule has 2 heterocycles. The molecule has 11 heteroatoms. The Morgan fingerprint density at radius 1 is 1.14 bits per heavy atom. The minimum Gasteiger partial charge on any atom is -0.457 e. The van der Waals surface area contributed by atoms with Crippen LogP contribution >= 0.6 is 0 Å². The molecule has 0 bridgehead atoms. The van der Waals surface area contributed by atoms with E-state index in [0.29, 0.717) is 48.3 Å². The molecule has 0 radical (unpaired) electrons. The van der Waals surface area contributed by atoms with Gasteiger partial charge in [0.05, 0.1) is 11.3 Å². The minimum atomic E-state index is -4.55. The second-order valence-electron chi connectivity index (χ2n) is 8.38. The van der Waals surface area contributed by atoms with Gasteiger partial charge in [-0.15, -0.1) is 0 Å². The number of ether oxygens (including phenoxy) is 1. The molecule has 8 nitrogen and oxygen atoms in total. The molecule has 3 aromatic rings. The Morgan fingerprint density at radius 2 is 1.84 bits per heavy atom. The zero-order chi connectivity index (χ0) is 26.4. The SMILES string of the molecule is N=C(c1ccc(Oc2ccccc2)cc1)c1c(N)ncnc1NCC1CCCN1C(=O)/C=C/C(F)(F)F. The summed E-state index contributed by atoms with van der Waals surface area (Å²) in [6.07, 6.45) is -1.51. The normalized spacial score (nSPS) is 15.6. The summed E-state index contributed by atoms with van der Waals surface area (Å²) in [5.74, 6) is 0.983. The number of rotatable bonds is 8. The van der Waals surface area contributed by atoms with E-state index < -0.39 is 12.1 Å². The number of allylic oxidation sites excluding steroid dienone is 1. The number of alkyl halides is 3. The van der Waals surface area contributed by atoms with Crippen LogP contribution in [0.3, 0.4) is 0 Å². The third kappa shape index (κ3) is 6.63. The first-order chi connectivity index (χ1) is 17.7. The molecule has 1 aliphatic rings. The largest absolute Gasteiger partial charge is 0.457 e. The van der Waals surface area contributed by atoms with Crippen LogP contribution in [0, 0.1) is 5.41 Å². The number of carbonyl (C=O) groups is 1. The number of hydrogen-bond acceptors (Lipinski definition) is 7. The summed E-state index contributed by atoms with van der Waals surface area (Å²) in [5.41, 5.74) is 7.02. The molecule has 1 aliphatic heterocycles. The number of likely N-dealkylation sites (tertiary alicyclic amines) is 1. The van der Waals surface area contributed by atoms with E-state index in [0.717, 1.165) is 0 Å². The summed E-state index contributed by atoms with van der Waals surface area (Å²) in [5, 5.41) is 11.8. The molecule has 1 amide bonds. The number of nitrogen functional groups attached to an aromatic ring is 1. The number of halogens is 3. The molecule has 0 saturated carbocycles. The van der Waals surface area contributed by atoms with Gasteiger partial charge >= 0.3 is 6.18 Å². The van der Waals surface area contributed by atoms with Gasteiger partial charge in [-0.3, -0.25) is 10.2 Å². The van der Waals surface area contributed by atoms with E-state index in [4.69, 9.17) is 15.9 Å². The van der Waals surface area contributed by atoms with Gasteiger partial charge in [0.15, 0.2) is 0 Å². The summed E-state index contributed by atoms with van der Waals surface area (Å²) < 4.78 is 43.2. The van der Waals surface area contributed by atoms with Crippen LogP contribution in [-0.2, 0) is 4.79 Å². The average Bonchev–Trinajstić information content (AvgIpc) is 3.35. The number of aromatic nitrogens is 2. The van der Waals surface area contributed by atoms with Gasteiger partial charge in [0.25, 0.3) is 0 Å². The van der Waals surface area contributed by atoms with Gasteiger partial charge in [0.1, 0.15) is 29.5 Å². The Labute approximate surface area is 211 Å². The number of para-hydroxylation sites is 1. The van der Waals surface area contributed by atoms with Gasteiger partial charge in [-0.1, -0.05) is 18.2 Å². The van der Waals surface area contributed by atoms with Crippen LogP contribution in [0.15, 0.2) is 73.1 Å². The van der Waals surface area contributed by atoms with Crippen molar-refractivity contribution >= 4 is 23.3 Å². The fourth-order valence-corrected chi connectivity index (χ4v) is 4.05. The van der Waals surface area contributed by atoms with Crippen LogP contribution in [0.2, 0.25) is 0 Å². The molecule has 1 atom stereocenters. The third-order valence-corrected chi connectivity index (χ3v) is 5.83. The molecular formula is C26H25F3N6O2. The molecule has 1 saturated heterocycles. The van der Waals surface area contributed by atoms with Crippen molar-refractivity contribution in [3.05, 3.63) is 84.2 Å². The van der Waals surface area contributed by atoms with Crippen molar-refractivity contribution in [1.82, 2.24) is 14.9 Å². The number of nitrogens with two attached hydrogens (primary N) is 1. The van der Waals surface area contributed by atoms with Crippen LogP contribution in [0.5, 0.6) is 11.5 Å². The Hall–Kier alpha value is -4.41. The van der Waals surface area contributed by atoms with Crippen molar-refractivity contribution in [2.75, 3.05) is 24.1 Å². The minimum absolute atomic E-state index is 0.0567. The fraction of sp³-hybridized carbons (Fsp3) is 0.231. The lowest BCUT2D eigenvalue weighted by Gasteiger charge is -2.24. The molecule has 1 unspecified atom stereocenters. The van der Waals surface area contributed by atoms with E-state index in [1.807, 2.05) is 30.3 Å². The maximum Gasteiger partial charge on any atom is 0.409 e. The van der Waals surface area contributed by atoms with Crippen molar-refractivity contribution < 1.29 is 22.7 Å². The Balaban J connectivity index is 1.46. The van der Waals surface area contributed by atoms with Crippen LogP contribution in [-0.4, -0.2) is 51.8 Å². The van der Waals surface area contributed by atoms with E-state index in [1.165, 1.54) is 11.2 Å². The van der Waals surface area contributed by atoms with E-state index in [9.17, 15) is 18.0 Å². The van der Waals surface area contributed by atoms with Crippen LogP contribution in [0.4, 0.5) is 24.8 Å². The zero-order valence-electron chi connectivity index (χ0n) is 19.7. The number of hydrogen-bond donors (Lipinski definition) is 3. The standard InChI is InChI=1S/C26H25F3N6O2/c27-26(28,29)13-12-21(36)35-14-4-5-18(35)15-32-25-22(24(31)33-16-34-25)23(30)17-8-10-20(11-9-17)37-19-6-2-1-3-7-19/h1-3,6-13,16,18,30H,4-5,14-15H2,(H3,31,32,33,34)/b13-12+,30-23?. The maximum atomic E-state index is 12.5. The van der Waals surface area contributed by atoms with Gasteiger partial charge in [-0.25, -0.2) is 9.97 Å². The molecule has 192 valence electrons. The summed E-state index contributed by atoms with van der Waals surface area (Å²) in [6.45, 7) is 0.589. The highest BCUT2D eigenvalue weighted by atomic mass is 19.4. The molecule has 1 fully saturated rings. The molecular weight excluding hydrogens is 485 g/mol. The van der Waals surface area contributed by atoms with Crippen molar-refractivity contribution in [1.29, 1.82) is 5.41 Å². The van der Waals surface area contributed by atoms with Gasteiger partial charge in [0.2, 0.25) is 5.91 Å². The quantitative estimate of drug-likeness (QED) is 0.296. The highest BCUT2D eigenvalue weighted by Crippen LogP contribution is 2.26. The van der Waals surface area contributed by atoms with Gasteiger partial charge in [-0.05, 0) is 49.2 Å². The lowest BCUT2D eigenvalue weighted by Crippen LogP contribution is -2.39. The summed E-state index contributed by atoms with van der Waals surface area (Å²) in [7, 11) is 0. The number of anilines is 2. The Morgan fingerprint density at radius 3 is 2.54 bits per heavy atom. The van der Waals surface area contributed by atoms with E-state index >= 15 is 0 Å². The van der Waals surface area contributed by atoms with Crippen molar-refractivity contribution in [2.45, 2.75) is 25.1 Å². The number of amides is 1. The van der Waals surface area contributed by atoms with Crippen LogP contribution in [0.1, 0.15) is 24.0 Å². The second-order valence-corrected chi connectivity index (χ2v) is 8.38. The first-order valence-corrected chi connectivity index (χ1v) is 11.5. The van der Waals surface area contributed by atoms with E-state index in [-0.39, 0.29) is 35.8 Å². The second kappa shape index (κ2) is 11.1. The highest BCUT2D eigenvalue weighted by Gasteiger charge is 2.30. The number of nitrogens with zero attached hydrogens (tertiary/aromatic N) is 3. The van der Waals surface area contributed by atoms with Crippen molar-refractivity contribution in [2.24, 2.45) is 0 Å². The van der Waals surface area contributed by atoms with Gasteiger partial charge in [-0.2, -0.15) is 13.2 Å². The number of carbonyl (C=O) groups excluding carboxylic acids is 1.